The predicted molar refractivity (Wildman–Crippen MR) is 139 cm³/mol. The molecule has 1 saturated heterocycles. The third-order valence-electron chi connectivity index (χ3n) is 5.30. The van der Waals surface area contributed by atoms with Gasteiger partial charge in [0.1, 0.15) is 5.75 Å². The van der Waals surface area contributed by atoms with Crippen molar-refractivity contribution in [3.05, 3.63) is 59.7 Å². The second-order valence-corrected chi connectivity index (χ2v) is 9.34. The maximum Gasteiger partial charge on any atom is 0.243 e. The number of methoxy groups -OCH3 is 1. The summed E-state index contributed by atoms with van der Waals surface area (Å²) < 4.78 is 33.4. The summed E-state index contributed by atoms with van der Waals surface area (Å²) in [4.78, 5) is 5.01. The van der Waals surface area contributed by atoms with Gasteiger partial charge in [0.05, 0.1) is 18.6 Å². The van der Waals surface area contributed by atoms with Crippen LogP contribution in [0, 0.1) is 0 Å². The fourth-order valence-electron chi connectivity index (χ4n) is 3.66. The summed E-state index contributed by atoms with van der Waals surface area (Å²) in [7, 11) is -1.86. The van der Waals surface area contributed by atoms with E-state index in [4.69, 9.17) is 4.74 Å². The molecule has 3 rings (SSSR count). The number of hydrogen-bond donors (Lipinski definition) is 2. The van der Waals surface area contributed by atoms with Crippen molar-refractivity contribution >= 4 is 40.0 Å². The van der Waals surface area contributed by atoms with Crippen LogP contribution in [0.2, 0.25) is 0 Å². The molecule has 2 aromatic carbocycles. The van der Waals surface area contributed by atoms with Gasteiger partial charge in [-0.15, -0.1) is 24.0 Å². The molecular formula is C23H33IN4O3S. The maximum absolute atomic E-state index is 13.2. The Bertz CT molecular complexity index is 992. The van der Waals surface area contributed by atoms with Crippen molar-refractivity contribution in [2.45, 2.75) is 44.2 Å². The van der Waals surface area contributed by atoms with Crippen molar-refractivity contribution in [2.75, 3.05) is 26.7 Å². The molecule has 0 aliphatic carbocycles. The lowest BCUT2D eigenvalue weighted by Gasteiger charge is -2.27. The molecule has 0 bridgehead atoms. The average molecular weight is 573 g/mol. The van der Waals surface area contributed by atoms with Crippen LogP contribution in [0.4, 0.5) is 0 Å². The number of rotatable bonds is 8. The number of nitrogens with zero attached hydrogens (tertiary/aromatic N) is 2. The van der Waals surface area contributed by atoms with Crippen LogP contribution in [-0.2, 0) is 23.1 Å². The molecular weight excluding hydrogens is 539 g/mol. The molecule has 9 heteroatoms. The number of benzene rings is 2. The topological polar surface area (TPSA) is 83.0 Å². The van der Waals surface area contributed by atoms with E-state index in [2.05, 4.69) is 15.6 Å². The number of ether oxygens (including phenoxy) is 1. The lowest BCUT2D eigenvalue weighted by Crippen LogP contribution is -2.38. The van der Waals surface area contributed by atoms with E-state index in [0.29, 0.717) is 43.6 Å². The number of guanidine groups is 1. The molecule has 1 aliphatic rings. The molecule has 0 radical (unpaired) electrons. The summed E-state index contributed by atoms with van der Waals surface area (Å²) in [6.07, 6.45) is 2.92. The predicted octanol–water partition coefficient (Wildman–Crippen LogP) is 3.74. The summed E-state index contributed by atoms with van der Waals surface area (Å²) >= 11 is 0. The Kier molecular flexibility index (Phi) is 10.7. The summed E-state index contributed by atoms with van der Waals surface area (Å²) in [6, 6.07) is 15.0. The number of halogens is 1. The molecule has 0 spiro atoms. The lowest BCUT2D eigenvalue weighted by molar-refractivity contribution is 0.346. The van der Waals surface area contributed by atoms with Gasteiger partial charge in [0.2, 0.25) is 10.0 Å². The molecule has 0 unspecified atom stereocenters. The van der Waals surface area contributed by atoms with Crippen molar-refractivity contribution in [1.29, 1.82) is 0 Å². The smallest absolute Gasteiger partial charge is 0.243 e. The third kappa shape index (κ3) is 6.82. The van der Waals surface area contributed by atoms with Gasteiger partial charge >= 0.3 is 0 Å². The molecule has 176 valence electrons. The molecule has 0 atom stereocenters. The van der Waals surface area contributed by atoms with Crippen LogP contribution in [0.1, 0.15) is 37.3 Å². The SMILES string of the molecule is CCNC(=NCc1ccccc1OC)NCc1ccccc1S(=O)(=O)N1CCCCC1.I. The Hall–Kier alpha value is -1.85. The summed E-state index contributed by atoms with van der Waals surface area (Å²) in [5.74, 6) is 1.42. The van der Waals surface area contributed by atoms with Crippen LogP contribution in [-0.4, -0.2) is 45.4 Å². The van der Waals surface area contributed by atoms with Gasteiger partial charge in [0.25, 0.3) is 0 Å². The highest BCUT2D eigenvalue weighted by Crippen LogP contribution is 2.23. The second-order valence-electron chi connectivity index (χ2n) is 7.43. The number of aliphatic imine (C=N–C) groups is 1. The average Bonchev–Trinajstić information content (AvgIpc) is 2.81. The van der Waals surface area contributed by atoms with E-state index in [1.54, 1.807) is 23.5 Å². The summed E-state index contributed by atoms with van der Waals surface area (Å²) in [6.45, 7) is 4.69. The van der Waals surface area contributed by atoms with Crippen LogP contribution in [0.5, 0.6) is 5.75 Å². The van der Waals surface area contributed by atoms with Gasteiger partial charge in [0.15, 0.2) is 5.96 Å². The Labute approximate surface area is 208 Å². The van der Waals surface area contributed by atoms with Crippen LogP contribution in [0.3, 0.4) is 0 Å². The molecule has 7 nitrogen and oxygen atoms in total. The van der Waals surface area contributed by atoms with Gasteiger partial charge in [-0.05, 0) is 37.5 Å². The highest BCUT2D eigenvalue weighted by Gasteiger charge is 2.27. The van der Waals surface area contributed by atoms with Gasteiger partial charge in [-0.1, -0.05) is 42.8 Å². The highest BCUT2D eigenvalue weighted by atomic mass is 127. The van der Waals surface area contributed by atoms with Gasteiger partial charge in [-0.3, -0.25) is 0 Å². The number of sulfonamides is 1. The minimum absolute atomic E-state index is 0. The largest absolute Gasteiger partial charge is 0.496 e. The molecule has 1 aliphatic heterocycles. The van der Waals surface area contributed by atoms with E-state index in [1.807, 2.05) is 43.3 Å². The first-order valence-electron chi connectivity index (χ1n) is 10.8. The summed E-state index contributed by atoms with van der Waals surface area (Å²) in [5.41, 5.74) is 1.71. The Morgan fingerprint density at radius 3 is 2.34 bits per heavy atom. The number of piperidine rings is 1. The minimum Gasteiger partial charge on any atom is -0.496 e. The van der Waals surface area contributed by atoms with Crippen LogP contribution in [0.25, 0.3) is 0 Å². The molecule has 1 heterocycles. The number of nitrogens with one attached hydrogen (secondary N) is 2. The fraction of sp³-hybridized carbons (Fsp3) is 0.435. The summed E-state index contributed by atoms with van der Waals surface area (Å²) in [5, 5.41) is 6.50. The van der Waals surface area contributed by atoms with E-state index in [1.165, 1.54) is 0 Å². The fourth-order valence-corrected chi connectivity index (χ4v) is 5.40. The van der Waals surface area contributed by atoms with Gasteiger partial charge < -0.3 is 15.4 Å². The molecule has 2 N–H and O–H groups in total. The zero-order valence-electron chi connectivity index (χ0n) is 18.7. The Morgan fingerprint density at radius 1 is 1.00 bits per heavy atom. The standard InChI is InChI=1S/C23H32N4O3S.HI/c1-3-24-23(25-17-19-11-5-7-13-21(19)30-2)26-18-20-12-6-8-14-22(20)31(28,29)27-15-9-4-10-16-27;/h5-8,11-14H,3-4,9-10,15-18H2,1-2H3,(H2,24,25,26);1H. The third-order valence-corrected chi connectivity index (χ3v) is 7.30. The Morgan fingerprint density at radius 2 is 1.66 bits per heavy atom. The van der Waals surface area contributed by atoms with E-state index in [-0.39, 0.29) is 24.0 Å². The van der Waals surface area contributed by atoms with Crippen molar-refractivity contribution in [2.24, 2.45) is 4.99 Å². The van der Waals surface area contributed by atoms with Gasteiger partial charge in [-0.2, -0.15) is 4.31 Å². The molecule has 0 aromatic heterocycles. The van der Waals surface area contributed by atoms with Crippen molar-refractivity contribution in [1.82, 2.24) is 14.9 Å². The van der Waals surface area contributed by atoms with Crippen LogP contribution < -0.4 is 15.4 Å². The minimum atomic E-state index is -3.50. The first-order chi connectivity index (χ1) is 15.1. The normalized spacial score (nSPS) is 15.0. The van der Waals surface area contributed by atoms with Crippen molar-refractivity contribution in [3.63, 3.8) is 0 Å². The van der Waals surface area contributed by atoms with E-state index in [0.717, 1.165) is 36.1 Å². The maximum atomic E-state index is 13.2. The number of para-hydroxylation sites is 1. The monoisotopic (exact) mass is 572 g/mol. The molecule has 32 heavy (non-hydrogen) atoms. The quantitative estimate of drug-likeness (QED) is 0.286. The lowest BCUT2D eigenvalue weighted by atomic mass is 10.2. The van der Waals surface area contributed by atoms with Gasteiger partial charge in [-0.25, -0.2) is 13.4 Å². The molecule has 0 saturated carbocycles. The van der Waals surface area contributed by atoms with E-state index in [9.17, 15) is 8.42 Å². The molecule has 1 fully saturated rings. The highest BCUT2D eigenvalue weighted by molar-refractivity contribution is 14.0. The molecule has 2 aromatic rings. The second kappa shape index (κ2) is 13.0. The van der Waals surface area contributed by atoms with E-state index >= 15 is 0 Å². The first kappa shape index (κ1) is 26.4. The van der Waals surface area contributed by atoms with Crippen molar-refractivity contribution < 1.29 is 13.2 Å². The molecule has 0 amide bonds. The van der Waals surface area contributed by atoms with E-state index < -0.39 is 10.0 Å². The van der Waals surface area contributed by atoms with Gasteiger partial charge in [0, 0.05) is 31.7 Å². The Balaban J connectivity index is 0.00000363. The van der Waals surface area contributed by atoms with Crippen molar-refractivity contribution in [3.8, 4) is 5.75 Å². The zero-order chi connectivity index (χ0) is 22.1. The zero-order valence-corrected chi connectivity index (χ0v) is 21.9. The van der Waals surface area contributed by atoms with Crippen LogP contribution >= 0.6 is 24.0 Å². The number of hydrogen-bond acceptors (Lipinski definition) is 4. The van der Waals surface area contributed by atoms with Crippen LogP contribution in [0.15, 0.2) is 58.4 Å². The first-order valence-corrected chi connectivity index (χ1v) is 12.2.